The van der Waals surface area contributed by atoms with Crippen molar-refractivity contribution in [3.63, 3.8) is 0 Å². The van der Waals surface area contributed by atoms with E-state index in [0.29, 0.717) is 35.7 Å². The van der Waals surface area contributed by atoms with Crippen molar-refractivity contribution in [2.45, 2.75) is 18.9 Å². The van der Waals surface area contributed by atoms with Gasteiger partial charge in [0.2, 0.25) is 0 Å². The molecule has 0 aromatic heterocycles. The predicted molar refractivity (Wildman–Crippen MR) is 69.7 cm³/mol. The normalized spacial score (nSPS) is 18.4. The average Bonchev–Trinajstić information content (AvgIpc) is 2.87. The SMILES string of the molecule is COc1cc(C(=O)N2CCCC2C(=O)O)ccc1Cl. The number of rotatable bonds is 3. The number of amides is 1. The van der Waals surface area contributed by atoms with E-state index in [-0.39, 0.29) is 5.91 Å². The number of nitrogens with zero attached hydrogens (tertiary/aromatic N) is 1. The molecule has 1 atom stereocenters. The van der Waals surface area contributed by atoms with Crippen LogP contribution in [-0.2, 0) is 4.79 Å². The Kier molecular flexibility index (Phi) is 3.95. The summed E-state index contributed by atoms with van der Waals surface area (Å²) in [6, 6.07) is 3.93. The molecule has 19 heavy (non-hydrogen) atoms. The summed E-state index contributed by atoms with van der Waals surface area (Å²) in [6.07, 6.45) is 1.19. The summed E-state index contributed by atoms with van der Waals surface area (Å²) >= 11 is 5.90. The Bertz CT molecular complexity index is 517. The second-order valence-electron chi connectivity index (χ2n) is 4.34. The highest BCUT2D eigenvalue weighted by molar-refractivity contribution is 6.32. The summed E-state index contributed by atoms with van der Waals surface area (Å²) in [6.45, 7) is 0.459. The van der Waals surface area contributed by atoms with Crippen molar-refractivity contribution in [2.24, 2.45) is 0 Å². The van der Waals surface area contributed by atoms with Crippen LogP contribution in [0.1, 0.15) is 23.2 Å². The van der Waals surface area contributed by atoms with Gasteiger partial charge in [0, 0.05) is 12.1 Å². The van der Waals surface area contributed by atoms with Crippen LogP contribution in [0.2, 0.25) is 5.02 Å². The van der Waals surface area contributed by atoms with E-state index in [1.54, 1.807) is 12.1 Å². The van der Waals surface area contributed by atoms with Gasteiger partial charge in [0.25, 0.3) is 5.91 Å². The number of halogens is 1. The Morgan fingerprint density at radius 1 is 1.47 bits per heavy atom. The maximum atomic E-state index is 12.3. The summed E-state index contributed by atoms with van der Waals surface area (Å²) in [5.41, 5.74) is 0.384. The molecule has 5 nitrogen and oxygen atoms in total. The topological polar surface area (TPSA) is 66.8 Å². The second-order valence-corrected chi connectivity index (χ2v) is 4.75. The minimum absolute atomic E-state index is 0.306. The molecule has 2 rings (SSSR count). The van der Waals surface area contributed by atoms with E-state index < -0.39 is 12.0 Å². The fraction of sp³-hybridized carbons (Fsp3) is 0.385. The lowest BCUT2D eigenvalue weighted by Crippen LogP contribution is -2.40. The summed E-state index contributed by atoms with van der Waals surface area (Å²) in [5, 5.41) is 9.50. The molecule has 0 spiro atoms. The zero-order valence-corrected chi connectivity index (χ0v) is 11.2. The van der Waals surface area contributed by atoms with Gasteiger partial charge in [-0.3, -0.25) is 4.79 Å². The lowest BCUT2D eigenvalue weighted by atomic mass is 10.1. The molecule has 0 aliphatic carbocycles. The van der Waals surface area contributed by atoms with Crippen LogP contribution >= 0.6 is 11.6 Å². The summed E-state index contributed by atoms with van der Waals surface area (Å²) in [4.78, 5) is 24.8. The smallest absolute Gasteiger partial charge is 0.326 e. The van der Waals surface area contributed by atoms with Crippen LogP contribution in [0.15, 0.2) is 18.2 Å². The standard InChI is InChI=1S/C13H14ClNO4/c1-19-11-7-8(4-5-9(11)14)12(16)15-6-2-3-10(15)13(17)18/h4-5,7,10H,2-3,6H2,1H3,(H,17,18). The van der Waals surface area contributed by atoms with Crippen LogP contribution in [0.4, 0.5) is 0 Å². The molecule has 1 N–H and O–H groups in total. The zero-order chi connectivity index (χ0) is 14.0. The van der Waals surface area contributed by atoms with Crippen LogP contribution < -0.4 is 4.74 Å². The molecule has 1 aliphatic rings. The fourth-order valence-corrected chi connectivity index (χ4v) is 2.42. The summed E-state index contributed by atoms with van der Waals surface area (Å²) in [7, 11) is 1.46. The number of aliphatic carboxylic acids is 1. The van der Waals surface area contributed by atoms with Gasteiger partial charge in [0.15, 0.2) is 0 Å². The largest absolute Gasteiger partial charge is 0.495 e. The van der Waals surface area contributed by atoms with E-state index in [1.807, 2.05) is 0 Å². The Hall–Kier alpha value is -1.75. The number of carboxylic acid groups (broad SMARTS) is 1. The highest BCUT2D eigenvalue weighted by Crippen LogP contribution is 2.27. The van der Waals surface area contributed by atoms with E-state index in [4.69, 9.17) is 21.4 Å². The summed E-state index contributed by atoms with van der Waals surface area (Å²) in [5.74, 6) is -0.870. The highest BCUT2D eigenvalue weighted by atomic mass is 35.5. The van der Waals surface area contributed by atoms with Gasteiger partial charge in [-0.1, -0.05) is 11.6 Å². The van der Waals surface area contributed by atoms with Gasteiger partial charge in [0.1, 0.15) is 11.8 Å². The third-order valence-corrected chi connectivity index (χ3v) is 3.51. The predicted octanol–water partition coefficient (Wildman–Crippen LogP) is 2.04. The number of hydrogen-bond acceptors (Lipinski definition) is 3. The molecule has 102 valence electrons. The third-order valence-electron chi connectivity index (χ3n) is 3.20. The minimum Gasteiger partial charge on any atom is -0.495 e. The molecule has 1 aliphatic heterocycles. The quantitative estimate of drug-likeness (QED) is 0.922. The first-order chi connectivity index (χ1) is 9.04. The molecule has 1 fully saturated rings. The summed E-state index contributed by atoms with van der Waals surface area (Å²) < 4.78 is 5.05. The Balaban J connectivity index is 2.26. The molecular weight excluding hydrogens is 270 g/mol. The molecule has 0 radical (unpaired) electrons. The lowest BCUT2D eigenvalue weighted by Gasteiger charge is -2.21. The number of ether oxygens (including phenoxy) is 1. The highest BCUT2D eigenvalue weighted by Gasteiger charge is 2.34. The first-order valence-electron chi connectivity index (χ1n) is 5.92. The van der Waals surface area contributed by atoms with Gasteiger partial charge >= 0.3 is 5.97 Å². The van der Waals surface area contributed by atoms with E-state index >= 15 is 0 Å². The van der Waals surface area contributed by atoms with E-state index in [9.17, 15) is 9.59 Å². The number of hydrogen-bond donors (Lipinski definition) is 1. The van der Waals surface area contributed by atoms with Crippen molar-refractivity contribution in [1.82, 2.24) is 4.90 Å². The molecule has 1 saturated heterocycles. The molecule has 1 aromatic rings. The lowest BCUT2D eigenvalue weighted by molar-refractivity contribution is -0.141. The van der Waals surface area contributed by atoms with Crippen LogP contribution in [0.5, 0.6) is 5.75 Å². The average molecular weight is 284 g/mol. The molecule has 1 amide bonds. The number of likely N-dealkylation sites (tertiary alicyclic amines) is 1. The van der Waals surface area contributed by atoms with Gasteiger partial charge in [-0.05, 0) is 31.0 Å². The molecule has 6 heteroatoms. The van der Waals surface area contributed by atoms with Gasteiger partial charge in [0.05, 0.1) is 12.1 Å². The third kappa shape index (κ3) is 2.66. The zero-order valence-electron chi connectivity index (χ0n) is 10.4. The van der Waals surface area contributed by atoms with E-state index in [0.717, 1.165) is 0 Å². The number of carbonyl (C=O) groups excluding carboxylic acids is 1. The Labute approximate surface area is 115 Å². The maximum Gasteiger partial charge on any atom is 0.326 e. The van der Waals surface area contributed by atoms with Gasteiger partial charge in [-0.15, -0.1) is 0 Å². The van der Waals surface area contributed by atoms with Crippen LogP contribution in [0.25, 0.3) is 0 Å². The molecule has 1 heterocycles. The number of methoxy groups -OCH3 is 1. The van der Waals surface area contributed by atoms with Crippen molar-refractivity contribution in [3.05, 3.63) is 28.8 Å². The van der Waals surface area contributed by atoms with Gasteiger partial charge in [-0.25, -0.2) is 4.79 Å². The van der Waals surface area contributed by atoms with Crippen LogP contribution in [-0.4, -0.2) is 41.6 Å². The Morgan fingerprint density at radius 3 is 2.84 bits per heavy atom. The monoisotopic (exact) mass is 283 g/mol. The first-order valence-corrected chi connectivity index (χ1v) is 6.29. The number of benzene rings is 1. The molecular formula is C13H14ClNO4. The molecule has 0 saturated carbocycles. The number of carboxylic acids is 1. The Morgan fingerprint density at radius 2 is 2.21 bits per heavy atom. The van der Waals surface area contributed by atoms with Crippen molar-refractivity contribution in [2.75, 3.05) is 13.7 Å². The molecule has 1 unspecified atom stereocenters. The fourth-order valence-electron chi connectivity index (χ4n) is 2.23. The minimum atomic E-state index is -0.966. The first kappa shape index (κ1) is 13.7. The van der Waals surface area contributed by atoms with Gasteiger partial charge < -0.3 is 14.7 Å². The van der Waals surface area contributed by atoms with E-state index in [1.165, 1.54) is 18.1 Å². The molecule has 0 bridgehead atoms. The van der Waals surface area contributed by atoms with Crippen molar-refractivity contribution in [1.29, 1.82) is 0 Å². The van der Waals surface area contributed by atoms with Gasteiger partial charge in [-0.2, -0.15) is 0 Å². The maximum absolute atomic E-state index is 12.3. The van der Waals surface area contributed by atoms with Crippen molar-refractivity contribution < 1.29 is 19.4 Å². The van der Waals surface area contributed by atoms with Crippen LogP contribution in [0, 0.1) is 0 Å². The second kappa shape index (κ2) is 5.48. The molecule has 1 aromatic carbocycles. The van der Waals surface area contributed by atoms with Crippen LogP contribution in [0.3, 0.4) is 0 Å². The van der Waals surface area contributed by atoms with Crippen molar-refractivity contribution in [3.8, 4) is 5.75 Å². The van der Waals surface area contributed by atoms with E-state index in [2.05, 4.69) is 0 Å². The number of carbonyl (C=O) groups is 2. The van der Waals surface area contributed by atoms with Crippen molar-refractivity contribution >= 4 is 23.5 Å².